The van der Waals surface area contributed by atoms with Crippen molar-refractivity contribution in [2.75, 3.05) is 12.8 Å². The Labute approximate surface area is 111 Å². The molecule has 0 spiro atoms. The molecule has 2 aliphatic rings. The zero-order valence-corrected chi connectivity index (χ0v) is 11.0. The molecule has 2 heterocycles. The first-order valence-electron chi connectivity index (χ1n) is 6.74. The van der Waals surface area contributed by atoms with Crippen molar-refractivity contribution in [3.8, 4) is 5.88 Å². The van der Waals surface area contributed by atoms with Crippen molar-refractivity contribution in [1.29, 1.82) is 0 Å². The highest BCUT2D eigenvalue weighted by atomic mass is 16.5. The van der Waals surface area contributed by atoms with E-state index in [1.807, 2.05) is 4.57 Å². The number of methoxy groups -OCH3 is 1. The molecule has 0 aliphatic heterocycles. The molecule has 0 atom stereocenters. The van der Waals surface area contributed by atoms with Crippen LogP contribution in [-0.4, -0.2) is 26.6 Å². The van der Waals surface area contributed by atoms with Gasteiger partial charge >= 0.3 is 0 Å². The van der Waals surface area contributed by atoms with E-state index in [0.717, 1.165) is 18.1 Å². The lowest BCUT2D eigenvalue weighted by Gasteiger charge is -2.15. The minimum absolute atomic E-state index is 0.458. The minimum atomic E-state index is 0.458. The fourth-order valence-electron chi connectivity index (χ4n) is 3.10. The Hall–Kier alpha value is -1.85. The van der Waals surface area contributed by atoms with E-state index in [9.17, 15) is 0 Å². The summed E-state index contributed by atoms with van der Waals surface area (Å²) in [4.78, 5) is 12.8. The summed E-state index contributed by atoms with van der Waals surface area (Å²) in [5.74, 6) is 1.89. The molecule has 0 saturated heterocycles. The van der Waals surface area contributed by atoms with Crippen LogP contribution in [0.3, 0.4) is 0 Å². The van der Waals surface area contributed by atoms with E-state index in [2.05, 4.69) is 15.0 Å². The average molecular weight is 259 g/mol. The number of nitrogens with two attached hydrogens (primary N) is 1. The van der Waals surface area contributed by atoms with Gasteiger partial charge in [-0.25, -0.2) is 9.97 Å². The van der Waals surface area contributed by atoms with Gasteiger partial charge in [-0.15, -0.1) is 0 Å². The van der Waals surface area contributed by atoms with Crippen LogP contribution in [-0.2, 0) is 6.54 Å². The van der Waals surface area contributed by atoms with Gasteiger partial charge in [0.05, 0.1) is 7.11 Å². The third-order valence-electron chi connectivity index (χ3n) is 4.53. The molecule has 2 N–H and O–H groups in total. The number of hydrogen-bond acceptors (Lipinski definition) is 5. The van der Waals surface area contributed by atoms with Gasteiger partial charge in [0.1, 0.15) is 6.33 Å². The third-order valence-corrected chi connectivity index (χ3v) is 4.53. The summed E-state index contributed by atoms with van der Waals surface area (Å²) >= 11 is 0. The van der Waals surface area contributed by atoms with Gasteiger partial charge in [0, 0.05) is 6.54 Å². The van der Waals surface area contributed by atoms with E-state index in [4.69, 9.17) is 10.5 Å². The van der Waals surface area contributed by atoms with Crippen LogP contribution in [0.1, 0.15) is 25.7 Å². The third kappa shape index (κ3) is 1.59. The summed E-state index contributed by atoms with van der Waals surface area (Å²) in [5, 5.41) is 0. The summed E-state index contributed by atoms with van der Waals surface area (Å²) in [6.07, 6.45) is 6.85. The van der Waals surface area contributed by atoms with Gasteiger partial charge in [-0.2, -0.15) is 4.98 Å². The Morgan fingerprint density at radius 2 is 2.21 bits per heavy atom. The number of rotatable bonds is 4. The first kappa shape index (κ1) is 11.0. The van der Waals surface area contributed by atoms with Gasteiger partial charge in [0.25, 0.3) is 0 Å². The molecule has 19 heavy (non-hydrogen) atoms. The second kappa shape index (κ2) is 3.59. The standard InChI is InChI=1S/C13H17N5O/c1-19-11-9-10(15-7-16-11)18(12(14)17-9)6-13(4-5-13)8-2-3-8/h7-8H,2-6H2,1H3,(H2,14,17). The van der Waals surface area contributed by atoms with E-state index in [-0.39, 0.29) is 0 Å². The highest BCUT2D eigenvalue weighted by molar-refractivity contribution is 5.78. The molecule has 0 bridgehead atoms. The summed E-state index contributed by atoms with van der Waals surface area (Å²) < 4.78 is 7.25. The smallest absolute Gasteiger partial charge is 0.245 e. The SMILES string of the molecule is COc1ncnc2c1nc(N)n2CC1(C2CC2)CC1. The Bertz CT molecular complexity index is 642. The lowest BCUT2D eigenvalue weighted by molar-refractivity contribution is 0.376. The average Bonchev–Trinajstić information content (AvgIpc) is 3.29. The normalized spacial score (nSPS) is 20.7. The first-order chi connectivity index (χ1) is 9.23. The van der Waals surface area contributed by atoms with Crippen LogP contribution < -0.4 is 10.5 Å². The molecule has 0 aromatic carbocycles. The minimum Gasteiger partial charge on any atom is -0.479 e. The van der Waals surface area contributed by atoms with E-state index in [0.29, 0.717) is 22.8 Å². The maximum Gasteiger partial charge on any atom is 0.245 e. The van der Waals surface area contributed by atoms with E-state index in [1.54, 1.807) is 7.11 Å². The molecule has 100 valence electrons. The molecule has 2 saturated carbocycles. The number of imidazole rings is 1. The molecule has 0 unspecified atom stereocenters. The quantitative estimate of drug-likeness (QED) is 0.902. The van der Waals surface area contributed by atoms with Crippen molar-refractivity contribution in [2.24, 2.45) is 11.3 Å². The molecule has 2 aliphatic carbocycles. The van der Waals surface area contributed by atoms with E-state index in [1.165, 1.54) is 32.0 Å². The summed E-state index contributed by atoms with van der Waals surface area (Å²) in [7, 11) is 1.59. The van der Waals surface area contributed by atoms with Gasteiger partial charge in [-0.1, -0.05) is 0 Å². The van der Waals surface area contributed by atoms with Gasteiger partial charge in [-0.05, 0) is 37.0 Å². The van der Waals surface area contributed by atoms with Crippen molar-refractivity contribution < 1.29 is 4.74 Å². The maximum atomic E-state index is 6.06. The first-order valence-corrected chi connectivity index (χ1v) is 6.74. The molecule has 0 radical (unpaired) electrons. The number of aromatic nitrogens is 4. The molecule has 6 heteroatoms. The fraction of sp³-hybridized carbons (Fsp3) is 0.615. The number of fused-ring (bicyclic) bond motifs is 1. The number of nitrogen functional groups attached to an aromatic ring is 1. The number of nitrogens with zero attached hydrogens (tertiary/aromatic N) is 4. The van der Waals surface area contributed by atoms with Crippen molar-refractivity contribution in [2.45, 2.75) is 32.2 Å². The molecule has 2 aromatic rings. The lowest BCUT2D eigenvalue weighted by Crippen LogP contribution is -2.16. The molecule has 2 fully saturated rings. The Kier molecular flexibility index (Phi) is 2.08. The van der Waals surface area contributed by atoms with Crippen LogP contribution in [0.5, 0.6) is 5.88 Å². The lowest BCUT2D eigenvalue weighted by atomic mass is 10.0. The summed E-state index contributed by atoms with van der Waals surface area (Å²) in [6.45, 7) is 0.931. The number of anilines is 1. The Morgan fingerprint density at radius 1 is 1.42 bits per heavy atom. The zero-order valence-electron chi connectivity index (χ0n) is 11.0. The fourth-order valence-corrected chi connectivity index (χ4v) is 3.10. The van der Waals surface area contributed by atoms with Crippen molar-refractivity contribution in [3.63, 3.8) is 0 Å². The van der Waals surface area contributed by atoms with Crippen molar-refractivity contribution in [1.82, 2.24) is 19.5 Å². The van der Waals surface area contributed by atoms with Crippen LogP contribution in [0.25, 0.3) is 11.2 Å². The number of ether oxygens (including phenoxy) is 1. The molecular weight excluding hydrogens is 242 g/mol. The predicted octanol–water partition coefficient (Wildman–Crippen LogP) is 1.61. The second-order valence-corrected chi connectivity index (χ2v) is 5.75. The summed E-state index contributed by atoms with van der Waals surface area (Å²) in [5.41, 5.74) is 7.97. The molecule has 6 nitrogen and oxygen atoms in total. The molecule has 4 rings (SSSR count). The molecule has 2 aromatic heterocycles. The van der Waals surface area contributed by atoms with Gasteiger partial charge < -0.3 is 10.5 Å². The van der Waals surface area contributed by atoms with Crippen LogP contribution in [0.4, 0.5) is 5.95 Å². The van der Waals surface area contributed by atoms with Gasteiger partial charge in [0.15, 0.2) is 11.2 Å². The van der Waals surface area contributed by atoms with Crippen molar-refractivity contribution in [3.05, 3.63) is 6.33 Å². The van der Waals surface area contributed by atoms with E-state index < -0.39 is 0 Å². The molecular formula is C13H17N5O. The molecule has 0 amide bonds. The topological polar surface area (TPSA) is 78.8 Å². The number of hydrogen-bond donors (Lipinski definition) is 1. The van der Waals surface area contributed by atoms with Gasteiger partial charge in [0.2, 0.25) is 11.8 Å². The van der Waals surface area contributed by atoms with Gasteiger partial charge in [-0.3, -0.25) is 4.57 Å². The maximum absolute atomic E-state index is 6.06. The predicted molar refractivity (Wildman–Crippen MR) is 70.7 cm³/mol. The zero-order chi connectivity index (χ0) is 13.0. The van der Waals surface area contributed by atoms with Crippen LogP contribution in [0, 0.1) is 11.3 Å². The highest BCUT2D eigenvalue weighted by Crippen LogP contribution is 2.62. The second-order valence-electron chi connectivity index (χ2n) is 5.75. The summed E-state index contributed by atoms with van der Waals surface area (Å²) in [6, 6.07) is 0. The van der Waals surface area contributed by atoms with E-state index >= 15 is 0 Å². The van der Waals surface area contributed by atoms with Crippen molar-refractivity contribution >= 4 is 17.1 Å². The van der Waals surface area contributed by atoms with Crippen LogP contribution in [0.2, 0.25) is 0 Å². The largest absolute Gasteiger partial charge is 0.479 e. The highest BCUT2D eigenvalue weighted by Gasteiger charge is 2.54. The Morgan fingerprint density at radius 3 is 2.84 bits per heavy atom. The van der Waals surface area contributed by atoms with Crippen LogP contribution >= 0.6 is 0 Å². The Balaban J connectivity index is 1.79. The monoisotopic (exact) mass is 259 g/mol. The van der Waals surface area contributed by atoms with Crippen LogP contribution in [0.15, 0.2) is 6.33 Å².